The lowest BCUT2D eigenvalue weighted by atomic mass is 9.94. The van der Waals surface area contributed by atoms with Crippen LogP contribution in [0.5, 0.6) is 0 Å². The Morgan fingerprint density at radius 1 is 1.53 bits per heavy atom. The summed E-state index contributed by atoms with van der Waals surface area (Å²) in [4.78, 5) is 11.8. The Labute approximate surface area is 89.3 Å². The first-order valence-corrected chi connectivity index (χ1v) is 5.53. The average molecular weight is 206 g/mol. The highest BCUT2D eigenvalue weighted by Gasteiger charge is 2.27. The zero-order valence-corrected chi connectivity index (χ0v) is 8.92. The summed E-state index contributed by atoms with van der Waals surface area (Å²) in [6.45, 7) is 2.01. The molecule has 0 aliphatic heterocycles. The van der Waals surface area contributed by atoms with Crippen LogP contribution in [0.2, 0.25) is 0 Å². The number of benzene rings is 1. The maximum atomic E-state index is 13.0. The van der Waals surface area contributed by atoms with Gasteiger partial charge in [0.25, 0.3) is 0 Å². The lowest BCUT2D eigenvalue weighted by molar-refractivity contribution is -0.120. The van der Waals surface area contributed by atoms with Crippen molar-refractivity contribution >= 4 is 5.78 Å². The second kappa shape index (κ2) is 4.13. The minimum absolute atomic E-state index is 0.0283. The van der Waals surface area contributed by atoms with Gasteiger partial charge in [0.15, 0.2) is 0 Å². The molecule has 2 rings (SSSR count). The van der Waals surface area contributed by atoms with Crippen LogP contribution in [0, 0.1) is 5.82 Å². The van der Waals surface area contributed by atoms with Crippen molar-refractivity contribution in [2.45, 2.75) is 38.5 Å². The number of rotatable bonds is 3. The van der Waals surface area contributed by atoms with E-state index in [1.54, 1.807) is 12.1 Å². The second-order valence-electron chi connectivity index (χ2n) is 4.15. The van der Waals surface area contributed by atoms with Crippen molar-refractivity contribution in [3.8, 4) is 0 Å². The molecule has 1 atom stereocenters. The van der Waals surface area contributed by atoms with E-state index in [9.17, 15) is 9.18 Å². The number of ketones is 1. The highest BCUT2D eigenvalue weighted by Crippen LogP contribution is 2.34. The summed E-state index contributed by atoms with van der Waals surface area (Å²) in [7, 11) is 0. The van der Waals surface area contributed by atoms with Gasteiger partial charge in [-0.1, -0.05) is 13.0 Å². The van der Waals surface area contributed by atoms with Crippen LogP contribution in [0.25, 0.3) is 0 Å². The van der Waals surface area contributed by atoms with Gasteiger partial charge in [0.2, 0.25) is 0 Å². The Hall–Kier alpha value is -1.18. The number of halogens is 1. The number of Topliss-reactive ketones (excluding diaryl/α,β-unsaturated/α-hetero) is 1. The molecule has 0 N–H and O–H groups in total. The molecule has 1 aliphatic rings. The van der Waals surface area contributed by atoms with Crippen molar-refractivity contribution in [2.24, 2.45) is 0 Å². The minimum atomic E-state index is -0.197. The van der Waals surface area contributed by atoms with E-state index < -0.39 is 0 Å². The molecule has 0 fully saturated rings. The molecule has 1 unspecified atom stereocenters. The van der Waals surface area contributed by atoms with Gasteiger partial charge in [0.1, 0.15) is 11.6 Å². The van der Waals surface area contributed by atoms with Crippen LogP contribution in [0.15, 0.2) is 18.2 Å². The minimum Gasteiger partial charge on any atom is -0.299 e. The van der Waals surface area contributed by atoms with Crippen molar-refractivity contribution in [2.75, 3.05) is 0 Å². The number of hydrogen-bond donors (Lipinski definition) is 0. The summed E-state index contributed by atoms with van der Waals surface area (Å²) in [6, 6.07) is 4.79. The molecule has 0 amide bonds. The lowest BCUT2D eigenvalue weighted by Gasteiger charge is -2.09. The summed E-state index contributed by atoms with van der Waals surface area (Å²) < 4.78 is 13.0. The number of aryl methyl sites for hydroxylation is 1. The van der Waals surface area contributed by atoms with Crippen molar-refractivity contribution in [3.63, 3.8) is 0 Å². The molecule has 1 aromatic carbocycles. The van der Waals surface area contributed by atoms with Gasteiger partial charge in [-0.25, -0.2) is 4.39 Å². The summed E-state index contributed by atoms with van der Waals surface area (Å²) in [5, 5.41) is 0. The van der Waals surface area contributed by atoms with E-state index in [4.69, 9.17) is 0 Å². The van der Waals surface area contributed by atoms with Gasteiger partial charge >= 0.3 is 0 Å². The molecule has 0 spiro atoms. The fourth-order valence-electron chi connectivity index (χ4n) is 2.34. The van der Waals surface area contributed by atoms with Gasteiger partial charge in [-0.3, -0.25) is 4.79 Å². The third-order valence-corrected chi connectivity index (χ3v) is 3.07. The molecule has 15 heavy (non-hydrogen) atoms. The normalized spacial score (nSPS) is 18.9. The Kier molecular flexibility index (Phi) is 2.85. The van der Waals surface area contributed by atoms with E-state index in [1.807, 2.05) is 6.92 Å². The maximum Gasteiger partial charge on any atom is 0.140 e. The fourth-order valence-corrected chi connectivity index (χ4v) is 2.34. The van der Waals surface area contributed by atoms with Gasteiger partial charge in [0, 0.05) is 12.3 Å². The topological polar surface area (TPSA) is 17.1 Å². The van der Waals surface area contributed by atoms with Crippen molar-refractivity contribution < 1.29 is 9.18 Å². The van der Waals surface area contributed by atoms with Gasteiger partial charge in [-0.05, 0) is 42.5 Å². The molecule has 1 aromatic rings. The van der Waals surface area contributed by atoms with Crippen LogP contribution in [0.3, 0.4) is 0 Å². The molecular weight excluding hydrogens is 191 g/mol. The van der Waals surface area contributed by atoms with Gasteiger partial charge in [-0.15, -0.1) is 0 Å². The Bertz CT molecular complexity index is 384. The maximum absolute atomic E-state index is 13.0. The van der Waals surface area contributed by atoms with Crippen LogP contribution < -0.4 is 0 Å². The van der Waals surface area contributed by atoms with E-state index in [0.29, 0.717) is 12.2 Å². The zero-order chi connectivity index (χ0) is 10.8. The third kappa shape index (κ3) is 1.94. The number of carbonyl (C=O) groups excluding carboxylic acids is 1. The van der Waals surface area contributed by atoms with Crippen LogP contribution in [-0.4, -0.2) is 5.78 Å². The van der Waals surface area contributed by atoms with Crippen LogP contribution in [0.1, 0.15) is 43.2 Å². The first-order chi connectivity index (χ1) is 7.22. The first kappa shape index (κ1) is 10.3. The summed E-state index contributed by atoms with van der Waals surface area (Å²) >= 11 is 0. The molecule has 0 heterocycles. The van der Waals surface area contributed by atoms with E-state index >= 15 is 0 Å². The average Bonchev–Trinajstić information content (AvgIpc) is 2.60. The molecule has 1 nitrogen and oxygen atoms in total. The van der Waals surface area contributed by atoms with Crippen molar-refractivity contribution in [1.82, 2.24) is 0 Å². The van der Waals surface area contributed by atoms with E-state index in [2.05, 4.69) is 0 Å². The molecule has 0 saturated heterocycles. The molecule has 2 heteroatoms. The Balaban J connectivity index is 2.25. The van der Waals surface area contributed by atoms with Crippen LogP contribution in [0.4, 0.5) is 4.39 Å². The SMILES string of the molecule is CCCC(=O)C1CCc2cc(F)ccc21. The summed E-state index contributed by atoms with van der Waals surface area (Å²) in [5.74, 6) is 0.140. The van der Waals surface area contributed by atoms with E-state index in [1.165, 1.54) is 6.07 Å². The Morgan fingerprint density at radius 2 is 2.33 bits per heavy atom. The van der Waals surface area contributed by atoms with Crippen LogP contribution >= 0.6 is 0 Å². The lowest BCUT2D eigenvalue weighted by Crippen LogP contribution is -2.08. The van der Waals surface area contributed by atoms with Gasteiger partial charge in [0.05, 0.1) is 0 Å². The zero-order valence-electron chi connectivity index (χ0n) is 8.92. The highest BCUT2D eigenvalue weighted by molar-refractivity contribution is 5.86. The quantitative estimate of drug-likeness (QED) is 0.742. The van der Waals surface area contributed by atoms with E-state index in [0.717, 1.165) is 30.4 Å². The largest absolute Gasteiger partial charge is 0.299 e. The van der Waals surface area contributed by atoms with Gasteiger partial charge < -0.3 is 0 Å². The molecule has 0 saturated carbocycles. The first-order valence-electron chi connectivity index (χ1n) is 5.53. The highest BCUT2D eigenvalue weighted by atomic mass is 19.1. The molecular formula is C13H15FO. The van der Waals surface area contributed by atoms with Crippen LogP contribution in [-0.2, 0) is 11.2 Å². The number of fused-ring (bicyclic) bond motifs is 1. The Morgan fingerprint density at radius 3 is 3.07 bits per heavy atom. The smallest absolute Gasteiger partial charge is 0.140 e. The predicted molar refractivity (Wildman–Crippen MR) is 57.4 cm³/mol. The molecule has 1 aliphatic carbocycles. The predicted octanol–water partition coefficient (Wildman–Crippen LogP) is 3.22. The van der Waals surface area contributed by atoms with E-state index in [-0.39, 0.29) is 11.7 Å². The monoisotopic (exact) mass is 206 g/mol. The number of carbonyl (C=O) groups is 1. The molecule has 0 radical (unpaired) electrons. The van der Waals surface area contributed by atoms with Crippen molar-refractivity contribution in [1.29, 1.82) is 0 Å². The third-order valence-electron chi connectivity index (χ3n) is 3.07. The van der Waals surface area contributed by atoms with Gasteiger partial charge in [-0.2, -0.15) is 0 Å². The summed E-state index contributed by atoms with van der Waals surface area (Å²) in [5.41, 5.74) is 2.07. The molecule has 80 valence electrons. The molecule has 0 bridgehead atoms. The van der Waals surface area contributed by atoms with Crippen molar-refractivity contribution in [3.05, 3.63) is 35.1 Å². The standard InChI is InChI=1S/C13H15FO/c1-2-3-13(15)12-6-4-9-8-10(14)5-7-11(9)12/h5,7-8,12H,2-4,6H2,1H3. The fraction of sp³-hybridized carbons (Fsp3) is 0.462. The molecule has 0 aromatic heterocycles. The summed E-state index contributed by atoms with van der Waals surface area (Å²) in [6.07, 6.45) is 3.23. The number of hydrogen-bond acceptors (Lipinski definition) is 1. The second-order valence-corrected chi connectivity index (χ2v) is 4.15.